The molecule has 19 heavy (non-hydrogen) atoms. The summed E-state index contributed by atoms with van der Waals surface area (Å²) in [5.74, 6) is 0.376. The average Bonchev–Trinajstić information content (AvgIpc) is 2.38. The predicted octanol–water partition coefficient (Wildman–Crippen LogP) is 1.85. The minimum Gasteiger partial charge on any atom is -0.489 e. The fraction of sp³-hybridized carbons (Fsp3) is 0.500. The van der Waals surface area contributed by atoms with Crippen molar-refractivity contribution >= 4 is 21.6 Å². The number of nitro benzene ring substituents is 1. The summed E-state index contributed by atoms with van der Waals surface area (Å²) in [5, 5.41) is 24.2. The normalized spacial score (nSPS) is 18.0. The monoisotopic (exact) mass is 330 g/mol. The zero-order chi connectivity index (χ0) is 13.9. The Morgan fingerprint density at radius 2 is 2.16 bits per heavy atom. The zero-order valence-electron chi connectivity index (χ0n) is 10.3. The van der Waals surface area contributed by atoms with Crippen molar-refractivity contribution in [3.05, 3.63) is 32.8 Å². The van der Waals surface area contributed by atoms with Gasteiger partial charge in [-0.25, -0.2) is 0 Å². The minimum absolute atomic E-state index is 0.0319. The molecule has 0 amide bonds. The number of piperidine rings is 1. The van der Waals surface area contributed by atoms with Gasteiger partial charge in [-0.1, -0.05) is 0 Å². The lowest BCUT2D eigenvalue weighted by molar-refractivity contribution is -0.385. The van der Waals surface area contributed by atoms with Crippen molar-refractivity contribution in [2.24, 2.45) is 0 Å². The molecule has 0 aromatic heterocycles. The first-order valence-corrected chi connectivity index (χ1v) is 6.79. The van der Waals surface area contributed by atoms with Crippen molar-refractivity contribution in [1.29, 1.82) is 0 Å². The van der Waals surface area contributed by atoms with Crippen LogP contribution in [-0.2, 0) is 0 Å². The van der Waals surface area contributed by atoms with Gasteiger partial charge in [0.05, 0.1) is 15.5 Å². The largest absolute Gasteiger partial charge is 0.489 e. The molecule has 1 fully saturated rings. The standard InChI is InChI=1S/C12H15BrN2O4/c13-10-2-1-9(15(17)18)7-11(10)19-8-12(16)3-5-14-6-4-12/h1-2,7,14,16H,3-6,8H2. The number of rotatable bonds is 4. The van der Waals surface area contributed by atoms with Gasteiger partial charge in [0.2, 0.25) is 0 Å². The molecule has 0 radical (unpaired) electrons. The van der Waals surface area contributed by atoms with Gasteiger partial charge in [0.1, 0.15) is 18.0 Å². The van der Waals surface area contributed by atoms with Crippen LogP contribution in [0.4, 0.5) is 5.69 Å². The quantitative estimate of drug-likeness (QED) is 0.650. The van der Waals surface area contributed by atoms with Gasteiger partial charge in [-0.05, 0) is 47.9 Å². The first-order chi connectivity index (χ1) is 9.00. The van der Waals surface area contributed by atoms with Crippen LogP contribution in [0.15, 0.2) is 22.7 Å². The highest BCUT2D eigenvalue weighted by Gasteiger charge is 2.30. The van der Waals surface area contributed by atoms with Gasteiger partial charge in [0.15, 0.2) is 0 Å². The average molecular weight is 331 g/mol. The molecule has 1 heterocycles. The predicted molar refractivity (Wildman–Crippen MR) is 73.3 cm³/mol. The van der Waals surface area contributed by atoms with Crippen LogP contribution in [-0.4, -0.2) is 35.3 Å². The van der Waals surface area contributed by atoms with Crippen molar-refractivity contribution in [3.63, 3.8) is 0 Å². The number of nitrogens with one attached hydrogen (secondary N) is 1. The van der Waals surface area contributed by atoms with E-state index in [1.807, 2.05) is 0 Å². The summed E-state index contributed by atoms with van der Waals surface area (Å²) in [6.45, 7) is 1.63. The van der Waals surface area contributed by atoms with Crippen molar-refractivity contribution < 1.29 is 14.8 Å². The van der Waals surface area contributed by atoms with E-state index in [0.717, 1.165) is 13.1 Å². The SMILES string of the molecule is O=[N+]([O-])c1ccc(Br)c(OCC2(O)CCNCC2)c1. The van der Waals surface area contributed by atoms with E-state index in [2.05, 4.69) is 21.2 Å². The number of ether oxygens (including phenoxy) is 1. The molecule has 0 aliphatic carbocycles. The Hall–Kier alpha value is -1.18. The van der Waals surface area contributed by atoms with Crippen molar-refractivity contribution in [1.82, 2.24) is 5.32 Å². The Bertz CT molecular complexity index is 475. The van der Waals surface area contributed by atoms with Gasteiger partial charge in [0.25, 0.3) is 5.69 Å². The van der Waals surface area contributed by atoms with Crippen LogP contribution < -0.4 is 10.1 Å². The lowest BCUT2D eigenvalue weighted by Crippen LogP contribution is -2.46. The molecule has 0 saturated carbocycles. The number of nitrogens with zero attached hydrogens (tertiary/aromatic N) is 1. The number of nitro groups is 1. The third-order valence-electron chi connectivity index (χ3n) is 3.16. The smallest absolute Gasteiger partial charge is 0.273 e. The summed E-state index contributed by atoms with van der Waals surface area (Å²) < 4.78 is 6.18. The van der Waals surface area contributed by atoms with E-state index in [-0.39, 0.29) is 12.3 Å². The van der Waals surface area contributed by atoms with E-state index in [1.165, 1.54) is 12.1 Å². The van der Waals surface area contributed by atoms with Crippen molar-refractivity contribution in [2.45, 2.75) is 18.4 Å². The molecule has 1 aliphatic heterocycles. The Morgan fingerprint density at radius 1 is 1.47 bits per heavy atom. The van der Waals surface area contributed by atoms with E-state index >= 15 is 0 Å². The van der Waals surface area contributed by atoms with Gasteiger partial charge in [-0.3, -0.25) is 10.1 Å². The molecule has 6 nitrogen and oxygen atoms in total. The minimum atomic E-state index is -0.866. The number of halogens is 1. The number of benzene rings is 1. The highest BCUT2D eigenvalue weighted by Crippen LogP contribution is 2.30. The number of hydrogen-bond donors (Lipinski definition) is 2. The molecule has 1 aromatic carbocycles. The summed E-state index contributed by atoms with van der Waals surface area (Å²) in [5.41, 5.74) is -0.898. The fourth-order valence-electron chi connectivity index (χ4n) is 1.96. The van der Waals surface area contributed by atoms with Gasteiger partial charge in [-0.2, -0.15) is 0 Å². The van der Waals surface area contributed by atoms with Gasteiger partial charge in [0, 0.05) is 6.07 Å². The van der Waals surface area contributed by atoms with Crippen molar-refractivity contribution in [2.75, 3.05) is 19.7 Å². The summed E-state index contributed by atoms with van der Waals surface area (Å²) in [4.78, 5) is 10.2. The van der Waals surface area contributed by atoms with Gasteiger partial charge >= 0.3 is 0 Å². The second kappa shape index (κ2) is 5.85. The molecule has 104 valence electrons. The van der Waals surface area contributed by atoms with E-state index in [4.69, 9.17) is 4.74 Å². The molecule has 1 saturated heterocycles. The second-order valence-electron chi connectivity index (χ2n) is 4.63. The molecular formula is C12H15BrN2O4. The van der Waals surface area contributed by atoms with Gasteiger partial charge in [-0.15, -0.1) is 0 Å². The Labute approximate surface area is 119 Å². The summed E-state index contributed by atoms with van der Waals surface area (Å²) in [6.07, 6.45) is 1.22. The van der Waals surface area contributed by atoms with Crippen LogP contribution in [0, 0.1) is 10.1 Å². The number of aliphatic hydroxyl groups is 1. The Kier molecular flexibility index (Phi) is 4.38. The molecule has 0 bridgehead atoms. The molecule has 1 aromatic rings. The third-order valence-corrected chi connectivity index (χ3v) is 3.81. The number of hydrogen-bond acceptors (Lipinski definition) is 5. The first kappa shape index (κ1) is 14.2. The second-order valence-corrected chi connectivity index (χ2v) is 5.49. The molecule has 2 N–H and O–H groups in total. The molecule has 0 unspecified atom stereocenters. The third kappa shape index (κ3) is 3.65. The first-order valence-electron chi connectivity index (χ1n) is 6.00. The van der Waals surface area contributed by atoms with Crippen LogP contribution in [0.3, 0.4) is 0 Å². The molecule has 0 spiro atoms. The van der Waals surface area contributed by atoms with Crippen LogP contribution >= 0.6 is 15.9 Å². The topological polar surface area (TPSA) is 84.6 Å². The maximum Gasteiger partial charge on any atom is 0.273 e. The van der Waals surface area contributed by atoms with E-state index < -0.39 is 10.5 Å². The number of non-ortho nitro benzene ring substituents is 1. The highest BCUT2D eigenvalue weighted by atomic mass is 79.9. The Morgan fingerprint density at radius 3 is 2.79 bits per heavy atom. The molecular weight excluding hydrogens is 316 g/mol. The van der Waals surface area contributed by atoms with Crippen LogP contribution in [0.5, 0.6) is 5.75 Å². The lowest BCUT2D eigenvalue weighted by atomic mass is 9.93. The van der Waals surface area contributed by atoms with E-state index in [1.54, 1.807) is 6.07 Å². The van der Waals surface area contributed by atoms with E-state index in [0.29, 0.717) is 23.1 Å². The van der Waals surface area contributed by atoms with Crippen LogP contribution in [0.2, 0.25) is 0 Å². The zero-order valence-corrected chi connectivity index (χ0v) is 11.9. The Balaban J connectivity index is 2.06. The van der Waals surface area contributed by atoms with Crippen LogP contribution in [0.1, 0.15) is 12.8 Å². The maximum atomic E-state index is 10.7. The van der Waals surface area contributed by atoms with E-state index in [9.17, 15) is 15.2 Å². The maximum absolute atomic E-state index is 10.7. The molecule has 0 atom stereocenters. The molecule has 2 rings (SSSR count). The summed E-state index contributed by atoms with van der Waals surface area (Å²) >= 11 is 3.28. The van der Waals surface area contributed by atoms with Gasteiger partial charge < -0.3 is 15.2 Å². The fourth-order valence-corrected chi connectivity index (χ4v) is 2.33. The summed E-state index contributed by atoms with van der Waals surface area (Å²) in [6, 6.07) is 4.32. The van der Waals surface area contributed by atoms with Crippen molar-refractivity contribution in [3.8, 4) is 5.75 Å². The molecule has 7 heteroatoms. The highest BCUT2D eigenvalue weighted by molar-refractivity contribution is 9.10. The van der Waals surface area contributed by atoms with Crippen LogP contribution in [0.25, 0.3) is 0 Å². The molecule has 1 aliphatic rings. The summed E-state index contributed by atoms with van der Waals surface area (Å²) in [7, 11) is 0. The lowest BCUT2D eigenvalue weighted by Gasteiger charge is -2.32.